The van der Waals surface area contributed by atoms with E-state index in [1.165, 1.54) is 0 Å². The van der Waals surface area contributed by atoms with Crippen LogP contribution in [0.1, 0.15) is 31.7 Å². The molecule has 0 bridgehead atoms. The summed E-state index contributed by atoms with van der Waals surface area (Å²) in [6.45, 7) is 3.49. The Bertz CT molecular complexity index is 312. The minimum Gasteiger partial charge on any atom is -0.393 e. The molecule has 78 valence electrons. The van der Waals surface area contributed by atoms with E-state index in [2.05, 4.69) is 0 Å². The number of aliphatic hydroxyl groups is 1. The van der Waals surface area contributed by atoms with Gasteiger partial charge in [-0.1, -0.05) is 13.8 Å². The molecule has 2 unspecified atom stereocenters. The van der Waals surface area contributed by atoms with E-state index in [0.29, 0.717) is 6.42 Å². The van der Waals surface area contributed by atoms with Crippen molar-refractivity contribution in [2.24, 2.45) is 0 Å². The van der Waals surface area contributed by atoms with E-state index in [1.54, 1.807) is 13.8 Å². The van der Waals surface area contributed by atoms with Crippen molar-refractivity contribution < 1.29 is 13.9 Å². The molecule has 0 heterocycles. The molecular formula is C11H14F2O. The van der Waals surface area contributed by atoms with E-state index in [0.717, 1.165) is 18.2 Å². The molecule has 0 aliphatic heterocycles. The molecule has 0 spiro atoms. The minimum absolute atomic E-state index is 0.236. The molecule has 0 amide bonds. The summed E-state index contributed by atoms with van der Waals surface area (Å²) >= 11 is 0. The van der Waals surface area contributed by atoms with Gasteiger partial charge in [0.2, 0.25) is 0 Å². The molecular weight excluding hydrogens is 186 g/mol. The Kier molecular flexibility index (Phi) is 3.58. The van der Waals surface area contributed by atoms with Crippen LogP contribution < -0.4 is 0 Å². The third kappa shape index (κ3) is 2.29. The number of hydrogen-bond acceptors (Lipinski definition) is 1. The standard InChI is InChI=1S/C11H14F2O/c1-3-11(14)7(2)9-6-8(12)4-5-10(9)13/h4-7,11,14H,3H2,1-2H3. The minimum atomic E-state index is -0.633. The van der Waals surface area contributed by atoms with Gasteiger partial charge in [-0.25, -0.2) is 8.78 Å². The Balaban J connectivity index is 2.99. The largest absolute Gasteiger partial charge is 0.393 e. The lowest BCUT2D eigenvalue weighted by Gasteiger charge is -2.18. The van der Waals surface area contributed by atoms with E-state index in [9.17, 15) is 13.9 Å². The molecule has 0 fully saturated rings. The van der Waals surface area contributed by atoms with E-state index in [1.807, 2.05) is 0 Å². The molecule has 1 aromatic carbocycles. The summed E-state index contributed by atoms with van der Waals surface area (Å²) in [5.74, 6) is -1.32. The van der Waals surface area contributed by atoms with Crippen molar-refractivity contribution in [1.29, 1.82) is 0 Å². The predicted octanol–water partition coefficient (Wildman–Crippen LogP) is 2.84. The van der Waals surface area contributed by atoms with Crippen molar-refractivity contribution in [3.8, 4) is 0 Å². The SMILES string of the molecule is CCC(O)C(C)c1cc(F)ccc1F. The highest BCUT2D eigenvalue weighted by Gasteiger charge is 2.18. The highest BCUT2D eigenvalue weighted by molar-refractivity contribution is 5.23. The third-order valence-corrected chi connectivity index (χ3v) is 2.44. The molecule has 0 aliphatic rings. The summed E-state index contributed by atoms with van der Waals surface area (Å²) in [6, 6.07) is 3.30. The maximum atomic E-state index is 13.2. The van der Waals surface area contributed by atoms with Gasteiger partial charge in [0.25, 0.3) is 0 Å². The summed E-state index contributed by atoms with van der Waals surface area (Å²) in [4.78, 5) is 0. The van der Waals surface area contributed by atoms with Gasteiger partial charge in [0.15, 0.2) is 0 Å². The van der Waals surface area contributed by atoms with Gasteiger partial charge in [-0.2, -0.15) is 0 Å². The lowest BCUT2D eigenvalue weighted by atomic mass is 9.93. The monoisotopic (exact) mass is 200 g/mol. The van der Waals surface area contributed by atoms with Crippen LogP contribution in [-0.4, -0.2) is 11.2 Å². The second-order valence-electron chi connectivity index (χ2n) is 3.43. The molecule has 1 nitrogen and oxygen atoms in total. The van der Waals surface area contributed by atoms with Crippen LogP contribution in [0.15, 0.2) is 18.2 Å². The first-order chi connectivity index (χ1) is 6.56. The second-order valence-corrected chi connectivity index (χ2v) is 3.43. The third-order valence-electron chi connectivity index (χ3n) is 2.44. The Hall–Kier alpha value is -0.960. The molecule has 2 atom stereocenters. The topological polar surface area (TPSA) is 20.2 Å². The van der Waals surface area contributed by atoms with Crippen LogP contribution in [0.25, 0.3) is 0 Å². The number of benzene rings is 1. The zero-order chi connectivity index (χ0) is 10.7. The van der Waals surface area contributed by atoms with Gasteiger partial charge in [-0.15, -0.1) is 0 Å². The van der Waals surface area contributed by atoms with Crippen LogP contribution >= 0.6 is 0 Å². The van der Waals surface area contributed by atoms with Crippen molar-refractivity contribution in [3.05, 3.63) is 35.4 Å². The quantitative estimate of drug-likeness (QED) is 0.795. The van der Waals surface area contributed by atoms with Crippen LogP contribution in [0.4, 0.5) is 8.78 Å². The number of halogens is 2. The second kappa shape index (κ2) is 4.51. The Labute approximate surface area is 82.4 Å². The van der Waals surface area contributed by atoms with Crippen molar-refractivity contribution in [1.82, 2.24) is 0 Å². The van der Waals surface area contributed by atoms with Crippen molar-refractivity contribution in [2.45, 2.75) is 32.3 Å². The Morgan fingerprint density at radius 2 is 2.00 bits per heavy atom. The summed E-state index contributed by atoms with van der Waals surface area (Å²) in [7, 11) is 0. The first-order valence-corrected chi connectivity index (χ1v) is 4.69. The highest BCUT2D eigenvalue weighted by atomic mass is 19.1. The smallest absolute Gasteiger partial charge is 0.126 e. The molecule has 1 N–H and O–H groups in total. The van der Waals surface area contributed by atoms with Crippen molar-refractivity contribution in [3.63, 3.8) is 0 Å². The number of rotatable bonds is 3. The van der Waals surface area contributed by atoms with E-state index in [4.69, 9.17) is 0 Å². The van der Waals surface area contributed by atoms with Crippen molar-refractivity contribution in [2.75, 3.05) is 0 Å². The summed E-state index contributed by atoms with van der Waals surface area (Å²) in [5.41, 5.74) is 0.236. The Morgan fingerprint density at radius 3 is 2.57 bits per heavy atom. The zero-order valence-corrected chi connectivity index (χ0v) is 8.30. The van der Waals surface area contributed by atoms with Gasteiger partial charge in [-0.3, -0.25) is 0 Å². The van der Waals surface area contributed by atoms with Crippen molar-refractivity contribution >= 4 is 0 Å². The van der Waals surface area contributed by atoms with Gasteiger partial charge in [0.1, 0.15) is 11.6 Å². The normalized spacial score (nSPS) is 15.2. The molecule has 1 rings (SSSR count). The maximum absolute atomic E-state index is 13.2. The number of aliphatic hydroxyl groups excluding tert-OH is 1. The molecule has 0 saturated heterocycles. The molecule has 14 heavy (non-hydrogen) atoms. The van der Waals surface area contributed by atoms with Gasteiger partial charge in [-0.05, 0) is 30.2 Å². The summed E-state index contributed by atoms with van der Waals surface area (Å²) < 4.78 is 26.1. The molecule has 0 saturated carbocycles. The van der Waals surface area contributed by atoms with Crippen LogP contribution in [0.3, 0.4) is 0 Å². The van der Waals surface area contributed by atoms with Gasteiger partial charge in [0, 0.05) is 5.92 Å². The molecule has 0 aromatic heterocycles. The average molecular weight is 200 g/mol. The summed E-state index contributed by atoms with van der Waals surface area (Å²) in [6.07, 6.45) is -0.108. The fraction of sp³-hybridized carbons (Fsp3) is 0.455. The Morgan fingerprint density at radius 1 is 1.36 bits per heavy atom. The highest BCUT2D eigenvalue weighted by Crippen LogP contribution is 2.24. The molecule has 0 aliphatic carbocycles. The lowest BCUT2D eigenvalue weighted by molar-refractivity contribution is 0.143. The van der Waals surface area contributed by atoms with Gasteiger partial charge in [0.05, 0.1) is 6.10 Å². The zero-order valence-electron chi connectivity index (χ0n) is 8.30. The van der Waals surface area contributed by atoms with Crippen LogP contribution in [0.2, 0.25) is 0 Å². The first-order valence-electron chi connectivity index (χ1n) is 4.69. The van der Waals surface area contributed by atoms with Crippen LogP contribution in [0.5, 0.6) is 0 Å². The van der Waals surface area contributed by atoms with Crippen LogP contribution in [0, 0.1) is 11.6 Å². The first kappa shape index (κ1) is 11.1. The predicted molar refractivity (Wildman–Crippen MR) is 51.1 cm³/mol. The van der Waals surface area contributed by atoms with E-state index < -0.39 is 17.7 Å². The maximum Gasteiger partial charge on any atom is 0.126 e. The molecule has 3 heteroatoms. The molecule has 1 aromatic rings. The van der Waals surface area contributed by atoms with E-state index in [-0.39, 0.29) is 11.5 Å². The fourth-order valence-electron chi connectivity index (χ4n) is 1.42. The lowest BCUT2D eigenvalue weighted by Crippen LogP contribution is -2.15. The summed E-state index contributed by atoms with van der Waals surface area (Å²) in [5, 5.41) is 9.51. The molecule has 0 radical (unpaired) electrons. The fourth-order valence-corrected chi connectivity index (χ4v) is 1.42. The van der Waals surface area contributed by atoms with Gasteiger partial charge < -0.3 is 5.11 Å². The van der Waals surface area contributed by atoms with E-state index >= 15 is 0 Å². The average Bonchev–Trinajstić information content (AvgIpc) is 2.19. The van der Waals surface area contributed by atoms with Gasteiger partial charge >= 0.3 is 0 Å². The van der Waals surface area contributed by atoms with Crippen LogP contribution in [-0.2, 0) is 0 Å². The number of hydrogen-bond donors (Lipinski definition) is 1.